The average Bonchev–Trinajstić information content (AvgIpc) is 3.24. The summed E-state index contributed by atoms with van der Waals surface area (Å²) in [6, 6.07) is 4.42. The lowest BCUT2D eigenvalue weighted by atomic mass is 10.0. The van der Waals surface area contributed by atoms with Crippen LogP contribution in [-0.2, 0) is 22.4 Å². The SMILES string of the molecule is C[C@H]1[C@H](O)CN1c1nc(-c2ccc3c(c2)OCC3NS(C)(=O)=O)c2c(n1)C(F)(F)CC2. The van der Waals surface area contributed by atoms with Crippen LogP contribution in [0, 0.1) is 0 Å². The molecule has 5 rings (SSSR count). The normalized spacial score (nSPS) is 26.2. The van der Waals surface area contributed by atoms with E-state index in [0.717, 1.165) is 6.26 Å². The molecule has 1 saturated heterocycles. The first-order valence-corrected chi connectivity index (χ1v) is 11.9. The first kappa shape index (κ1) is 20.5. The number of alkyl halides is 2. The third-order valence-corrected chi connectivity index (χ3v) is 6.86. The fourth-order valence-electron chi connectivity index (χ4n) is 4.35. The van der Waals surface area contributed by atoms with E-state index in [0.29, 0.717) is 28.1 Å². The van der Waals surface area contributed by atoms with E-state index < -0.39 is 28.1 Å². The van der Waals surface area contributed by atoms with Gasteiger partial charge in [-0.1, -0.05) is 12.1 Å². The number of benzene rings is 1. The molecule has 31 heavy (non-hydrogen) atoms. The van der Waals surface area contributed by atoms with Gasteiger partial charge in [0.15, 0.2) is 0 Å². The van der Waals surface area contributed by atoms with E-state index in [9.17, 15) is 22.3 Å². The highest BCUT2D eigenvalue weighted by Gasteiger charge is 2.45. The molecule has 2 aliphatic heterocycles. The van der Waals surface area contributed by atoms with Gasteiger partial charge in [-0.3, -0.25) is 0 Å². The monoisotopic (exact) mass is 452 g/mol. The van der Waals surface area contributed by atoms with Crippen molar-refractivity contribution in [3.05, 3.63) is 35.0 Å². The number of hydrogen-bond donors (Lipinski definition) is 2. The third kappa shape index (κ3) is 3.44. The van der Waals surface area contributed by atoms with Crippen molar-refractivity contribution in [1.29, 1.82) is 0 Å². The smallest absolute Gasteiger partial charge is 0.290 e. The van der Waals surface area contributed by atoms with Crippen molar-refractivity contribution in [2.45, 2.75) is 43.9 Å². The molecule has 1 aromatic heterocycles. The Balaban J connectivity index is 1.57. The third-order valence-electron chi connectivity index (χ3n) is 6.14. The first-order valence-electron chi connectivity index (χ1n) is 10.0. The molecular weight excluding hydrogens is 430 g/mol. The molecule has 0 bridgehead atoms. The van der Waals surface area contributed by atoms with Crippen LogP contribution in [-0.4, -0.2) is 55.0 Å². The highest BCUT2D eigenvalue weighted by atomic mass is 32.2. The van der Waals surface area contributed by atoms with E-state index in [1.165, 1.54) is 0 Å². The Morgan fingerprint density at radius 1 is 1.32 bits per heavy atom. The second-order valence-electron chi connectivity index (χ2n) is 8.37. The van der Waals surface area contributed by atoms with E-state index in [1.54, 1.807) is 30.0 Å². The predicted octanol–water partition coefficient (Wildman–Crippen LogP) is 1.73. The van der Waals surface area contributed by atoms with E-state index in [4.69, 9.17) is 4.74 Å². The summed E-state index contributed by atoms with van der Waals surface area (Å²) in [6.45, 7) is 2.23. The van der Waals surface area contributed by atoms with Gasteiger partial charge in [0.2, 0.25) is 16.0 Å². The second-order valence-corrected chi connectivity index (χ2v) is 10.2. The minimum Gasteiger partial charge on any atom is -0.491 e. The number of β-amino-alcohol motifs (C(OH)–C–C–N with tert-alkyl or cyclic N) is 1. The number of ether oxygens (including phenoxy) is 1. The second kappa shape index (κ2) is 6.81. The molecule has 1 fully saturated rings. The van der Waals surface area contributed by atoms with Gasteiger partial charge < -0.3 is 14.7 Å². The lowest BCUT2D eigenvalue weighted by Crippen LogP contribution is -2.59. The summed E-state index contributed by atoms with van der Waals surface area (Å²) in [7, 11) is -3.41. The van der Waals surface area contributed by atoms with Crippen LogP contribution in [0.2, 0.25) is 0 Å². The quantitative estimate of drug-likeness (QED) is 0.728. The number of aromatic nitrogens is 2. The number of aliphatic hydroxyl groups excluding tert-OH is 1. The number of rotatable bonds is 4. The van der Waals surface area contributed by atoms with Crippen LogP contribution in [0.15, 0.2) is 18.2 Å². The zero-order chi connectivity index (χ0) is 22.1. The molecule has 0 radical (unpaired) electrons. The van der Waals surface area contributed by atoms with Crippen molar-refractivity contribution in [2.75, 3.05) is 24.3 Å². The standard InChI is InChI=1S/C20H22F2N4O4S/c1-10-15(27)8-26(10)19-23-17(13-5-6-20(21,22)18(13)24-19)11-3-4-12-14(25-31(2,28)29)9-30-16(12)7-11/h3-4,7,10,14-15,25,27H,5-6,8-9H2,1-2H3/t10-,14?,15+/m0/s1. The Bertz CT molecular complexity index is 1170. The maximum absolute atomic E-state index is 14.6. The maximum atomic E-state index is 14.6. The van der Waals surface area contributed by atoms with Gasteiger partial charge >= 0.3 is 0 Å². The summed E-state index contributed by atoms with van der Waals surface area (Å²) in [6.07, 6.45) is 0.368. The summed E-state index contributed by atoms with van der Waals surface area (Å²) in [5.74, 6) is -2.37. The molecule has 2 aromatic rings. The Labute approximate surface area is 178 Å². The molecule has 11 heteroatoms. The fourth-order valence-corrected chi connectivity index (χ4v) is 5.06. The van der Waals surface area contributed by atoms with Crippen LogP contribution in [0.25, 0.3) is 11.3 Å². The maximum Gasteiger partial charge on any atom is 0.290 e. The van der Waals surface area contributed by atoms with E-state index in [1.807, 2.05) is 0 Å². The van der Waals surface area contributed by atoms with Gasteiger partial charge in [0.1, 0.15) is 18.1 Å². The Morgan fingerprint density at radius 2 is 2.10 bits per heavy atom. The van der Waals surface area contributed by atoms with Crippen LogP contribution in [0.3, 0.4) is 0 Å². The van der Waals surface area contributed by atoms with E-state index in [2.05, 4.69) is 14.7 Å². The van der Waals surface area contributed by atoms with E-state index >= 15 is 0 Å². The number of fused-ring (bicyclic) bond motifs is 2. The molecule has 3 aliphatic rings. The van der Waals surface area contributed by atoms with Crippen LogP contribution >= 0.6 is 0 Å². The topological polar surface area (TPSA) is 105 Å². The Hall–Kier alpha value is -2.37. The molecule has 166 valence electrons. The zero-order valence-corrected chi connectivity index (χ0v) is 17.8. The molecular formula is C20H22F2N4O4S. The van der Waals surface area contributed by atoms with Gasteiger partial charge in [0, 0.05) is 29.7 Å². The summed E-state index contributed by atoms with van der Waals surface area (Å²) in [5.41, 5.74) is 1.84. The molecule has 1 unspecified atom stereocenters. The van der Waals surface area contributed by atoms with E-state index in [-0.39, 0.29) is 43.7 Å². The molecule has 3 atom stereocenters. The molecule has 8 nitrogen and oxygen atoms in total. The Kier molecular flexibility index (Phi) is 4.51. The highest BCUT2D eigenvalue weighted by molar-refractivity contribution is 7.88. The van der Waals surface area contributed by atoms with Crippen molar-refractivity contribution in [1.82, 2.24) is 14.7 Å². The average molecular weight is 452 g/mol. The Morgan fingerprint density at radius 3 is 2.77 bits per heavy atom. The molecule has 3 heterocycles. The number of hydrogen-bond acceptors (Lipinski definition) is 7. The molecule has 0 spiro atoms. The largest absolute Gasteiger partial charge is 0.491 e. The summed E-state index contributed by atoms with van der Waals surface area (Å²) < 4.78 is 60.5. The van der Waals surface area contributed by atoms with Gasteiger partial charge in [0.25, 0.3) is 5.92 Å². The highest BCUT2D eigenvalue weighted by Crippen LogP contribution is 2.46. The number of nitrogens with one attached hydrogen (secondary N) is 1. The molecule has 0 amide bonds. The van der Waals surface area contributed by atoms with Crippen LogP contribution in [0.4, 0.5) is 14.7 Å². The number of aliphatic hydroxyl groups is 1. The molecule has 1 aromatic carbocycles. The summed E-state index contributed by atoms with van der Waals surface area (Å²) in [4.78, 5) is 10.5. The number of nitrogens with zero attached hydrogens (tertiary/aromatic N) is 3. The molecule has 1 aliphatic carbocycles. The number of anilines is 1. The van der Waals surface area contributed by atoms with Crippen molar-refractivity contribution >= 4 is 16.0 Å². The summed E-state index contributed by atoms with van der Waals surface area (Å²) in [5, 5.41) is 9.83. The van der Waals surface area contributed by atoms with Crippen molar-refractivity contribution in [2.24, 2.45) is 0 Å². The summed E-state index contributed by atoms with van der Waals surface area (Å²) >= 11 is 0. The van der Waals surface area contributed by atoms with Crippen LogP contribution in [0.5, 0.6) is 5.75 Å². The van der Waals surface area contributed by atoms with Crippen LogP contribution in [0.1, 0.15) is 36.2 Å². The fraction of sp³-hybridized carbons (Fsp3) is 0.500. The minimum absolute atomic E-state index is 0.153. The van der Waals surface area contributed by atoms with Gasteiger partial charge in [0.05, 0.1) is 30.1 Å². The lowest BCUT2D eigenvalue weighted by molar-refractivity contribution is -0.00603. The van der Waals surface area contributed by atoms with Crippen molar-refractivity contribution < 1.29 is 27.0 Å². The first-order chi connectivity index (χ1) is 14.5. The molecule has 0 saturated carbocycles. The zero-order valence-electron chi connectivity index (χ0n) is 17.0. The van der Waals surface area contributed by atoms with Gasteiger partial charge in [-0.05, 0) is 19.4 Å². The van der Waals surface area contributed by atoms with Crippen molar-refractivity contribution in [3.63, 3.8) is 0 Å². The number of halogens is 2. The number of sulfonamides is 1. The predicted molar refractivity (Wildman–Crippen MR) is 109 cm³/mol. The van der Waals surface area contributed by atoms with Crippen molar-refractivity contribution in [3.8, 4) is 17.0 Å². The van der Waals surface area contributed by atoms with Gasteiger partial charge in [-0.15, -0.1) is 0 Å². The minimum atomic E-state index is -3.41. The molecule has 2 N–H and O–H groups in total. The lowest BCUT2D eigenvalue weighted by Gasteiger charge is -2.43. The van der Waals surface area contributed by atoms with Crippen LogP contribution < -0.4 is 14.4 Å². The van der Waals surface area contributed by atoms with Gasteiger partial charge in [-0.2, -0.15) is 8.78 Å². The van der Waals surface area contributed by atoms with Gasteiger partial charge in [-0.25, -0.2) is 23.1 Å².